The average Bonchev–Trinajstić information content (AvgIpc) is 2.94. The van der Waals surface area contributed by atoms with Gasteiger partial charge in [0.15, 0.2) is 22.5 Å². The molecule has 0 unspecified atom stereocenters. The van der Waals surface area contributed by atoms with Crippen molar-refractivity contribution < 1.29 is 20.1 Å². The maximum absolute atomic E-state index is 12.2. The number of aliphatic hydroxyl groups is 3. The fourth-order valence-electron chi connectivity index (χ4n) is 2.56. The molecule has 3 rings (SSSR count). The largest absolute Gasteiger partial charge is 0.393 e. The summed E-state index contributed by atoms with van der Waals surface area (Å²) in [5, 5.41) is 28.9. The highest BCUT2D eigenvalue weighted by atomic mass is 16.4. The Labute approximate surface area is 116 Å². The van der Waals surface area contributed by atoms with Crippen LogP contribution in [0, 0.1) is 0 Å². The molecular weight excluding hydrogens is 282 g/mol. The van der Waals surface area contributed by atoms with Gasteiger partial charge in [0.2, 0.25) is 5.95 Å². The quantitative estimate of drug-likeness (QED) is 0.399. The topological polar surface area (TPSA) is 167 Å². The van der Waals surface area contributed by atoms with E-state index in [4.69, 9.17) is 10.8 Å². The van der Waals surface area contributed by atoms with Crippen LogP contribution in [-0.4, -0.2) is 58.9 Å². The van der Waals surface area contributed by atoms with Crippen molar-refractivity contribution in [3.05, 3.63) is 16.7 Å². The van der Waals surface area contributed by atoms with Crippen LogP contribution in [0.1, 0.15) is 12.5 Å². The zero-order valence-corrected chi connectivity index (χ0v) is 10.7. The van der Waals surface area contributed by atoms with Crippen LogP contribution in [0.25, 0.3) is 11.2 Å². The number of fused-ring (bicyclic) bond motifs is 1. The second kappa shape index (κ2) is 4.35. The number of aromatic nitrogens is 4. The maximum Gasteiger partial charge on any atom is 0.280 e. The van der Waals surface area contributed by atoms with Crippen molar-refractivity contribution >= 4 is 22.9 Å². The summed E-state index contributed by atoms with van der Waals surface area (Å²) in [6, 6.07) is -0.990. The Bertz CT molecular complexity index is 783. The first-order chi connectivity index (χ1) is 9.88. The third-order valence-corrected chi connectivity index (χ3v) is 3.75. The van der Waals surface area contributed by atoms with E-state index in [0.29, 0.717) is 0 Å². The predicted molar refractivity (Wildman–Crippen MR) is 69.3 cm³/mol. The number of anilines is 1. The Morgan fingerprint density at radius 1 is 1.52 bits per heavy atom. The standard InChI is InChI=1S/C11H13N5O5/c12-10-14-8-6(9(20)15-10)13-3-16(8)4-1-5(18)11(21,2-17)7(4)19/h3-5,17-18,21H,1-2H2,(H3,12,14,15,20)/t4-,5-,11-/m0/s1. The molecule has 6 N–H and O–H groups in total. The number of imidazole rings is 1. The van der Waals surface area contributed by atoms with Gasteiger partial charge >= 0.3 is 0 Å². The lowest BCUT2D eigenvalue weighted by atomic mass is 10.00. The molecule has 3 atom stereocenters. The minimum atomic E-state index is -2.23. The van der Waals surface area contributed by atoms with Gasteiger partial charge in [0, 0.05) is 6.42 Å². The van der Waals surface area contributed by atoms with E-state index in [1.165, 1.54) is 10.9 Å². The number of H-pyrrole nitrogens is 1. The van der Waals surface area contributed by atoms with E-state index in [-0.39, 0.29) is 23.5 Å². The number of hydrogen-bond acceptors (Lipinski definition) is 8. The molecule has 2 aromatic rings. The number of aromatic amines is 1. The molecule has 0 bridgehead atoms. The zero-order chi connectivity index (χ0) is 15.4. The normalized spacial score (nSPS) is 29.4. The SMILES string of the molecule is Nc1nc2c(ncn2[C@H]2C[C@H](O)[C@@](O)(CO)C2=O)c(=O)[nH]1. The van der Waals surface area contributed by atoms with Crippen LogP contribution in [0.3, 0.4) is 0 Å². The number of nitrogens with two attached hydrogens (primary N) is 1. The van der Waals surface area contributed by atoms with E-state index >= 15 is 0 Å². The number of nitrogens with zero attached hydrogens (tertiary/aromatic N) is 3. The number of Topliss-reactive ketones (excluding diaryl/α,β-unsaturated/α-hetero) is 1. The van der Waals surface area contributed by atoms with Gasteiger partial charge in [-0.05, 0) is 0 Å². The van der Waals surface area contributed by atoms with Gasteiger partial charge in [-0.2, -0.15) is 4.98 Å². The molecule has 0 spiro atoms. The minimum absolute atomic E-state index is 0.00840. The van der Waals surface area contributed by atoms with Gasteiger partial charge in [0.1, 0.15) is 6.04 Å². The molecule has 2 aromatic heterocycles. The van der Waals surface area contributed by atoms with E-state index in [0.717, 1.165) is 0 Å². The van der Waals surface area contributed by atoms with Crippen LogP contribution < -0.4 is 11.3 Å². The highest BCUT2D eigenvalue weighted by molar-refractivity contribution is 5.94. The van der Waals surface area contributed by atoms with Crippen LogP contribution in [0.4, 0.5) is 5.95 Å². The molecule has 0 saturated heterocycles. The Hall–Kier alpha value is -2.30. The molecule has 2 heterocycles. The number of nitrogens with one attached hydrogen (secondary N) is 1. The summed E-state index contributed by atoms with van der Waals surface area (Å²) < 4.78 is 1.26. The molecule has 1 aliphatic carbocycles. The molecule has 0 aliphatic heterocycles. The van der Waals surface area contributed by atoms with E-state index in [1.807, 2.05) is 0 Å². The second-order valence-electron chi connectivity index (χ2n) is 4.99. The minimum Gasteiger partial charge on any atom is -0.393 e. The summed E-state index contributed by atoms with van der Waals surface area (Å²) >= 11 is 0. The molecular formula is C11H13N5O5. The van der Waals surface area contributed by atoms with Gasteiger partial charge in [-0.25, -0.2) is 4.98 Å². The van der Waals surface area contributed by atoms with Crippen molar-refractivity contribution in [3.63, 3.8) is 0 Å². The highest BCUT2D eigenvalue weighted by Crippen LogP contribution is 2.35. The molecule has 10 nitrogen and oxygen atoms in total. The summed E-state index contributed by atoms with van der Waals surface area (Å²) in [5.74, 6) is -0.907. The van der Waals surface area contributed by atoms with Gasteiger partial charge in [0.05, 0.1) is 19.0 Å². The van der Waals surface area contributed by atoms with Gasteiger partial charge < -0.3 is 25.6 Å². The van der Waals surface area contributed by atoms with Gasteiger partial charge in [0.25, 0.3) is 5.56 Å². The first-order valence-electron chi connectivity index (χ1n) is 6.16. The number of carbonyl (C=O) groups excluding carboxylic acids is 1. The van der Waals surface area contributed by atoms with Crippen molar-refractivity contribution in [1.29, 1.82) is 0 Å². The average molecular weight is 295 g/mol. The van der Waals surface area contributed by atoms with Crippen molar-refractivity contribution in [2.45, 2.75) is 24.2 Å². The molecule has 0 amide bonds. The molecule has 1 aliphatic rings. The second-order valence-corrected chi connectivity index (χ2v) is 4.99. The number of nitrogen functional groups attached to an aromatic ring is 1. The number of rotatable bonds is 2. The summed E-state index contributed by atoms with van der Waals surface area (Å²) in [6.07, 6.45) is -0.336. The monoisotopic (exact) mass is 295 g/mol. The fraction of sp³-hybridized carbons (Fsp3) is 0.455. The van der Waals surface area contributed by atoms with Crippen LogP contribution >= 0.6 is 0 Å². The summed E-state index contributed by atoms with van der Waals surface area (Å²) in [6.45, 7) is -0.897. The van der Waals surface area contributed by atoms with Crippen LogP contribution in [0.15, 0.2) is 11.1 Å². The van der Waals surface area contributed by atoms with E-state index in [1.54, 1.807) is 0 Å². The first kappa shape index (κ1) is 13.7. The summed E-state index contributed by atoms with van der Waals surface area (Å²) in [7, 11) is 0. The van der Waals surface area contributed by atoms with Crippen molar-refractivity contribution in [3.8, 4) is 0 Å². The lowest BCUT2D eigenvalue weighted by Gasteiger charge is -2.21. The van der Waals surface area contributed by atoms with Crippen LogP contribution in [0.5, 0.6) is 0 Å². The Kier molecular flexibility index (Phi) is 2.83. The van der Waals surface area contributed by atoms with Gasteiger partial charge in [-0.1, -0.05) is 0 Å². The lowest BCUT2D eigenvalue weighted by molar-refractivity contribution is -0.148. The number of hydrogen-bond donors (Lipinski definition) is 5. The molecule has 1 saturated carbocycles. The van der Waals surface area contributed by atoms with Gasteiger partial charge in [-0.15, -0.1) is 0 Å². The van der Waals surface area contributed by atoms with E-state index < -0.39 is 35.7 Å². The molecule has 21 heavy (non-hydrogen) atoms. The van der Waals surface area contributed by atoms with E-state index in [9.17, 15) is 19.8 Å². The number of ketones is 1. The van der Waals surface area contributed by atoms with Crippen molar-refractivity contribution in [1.82, 2.24) is 19.5 Å². The lowest BCUT2D eigenvalue weighted by Crippen LogP contribution is -2.47. The van der Waals surface area contributed by atoms with Crippen LogP contribution in [-0.2, 0) is 4.79 Å². The third-order valence-electron chi connectivity index (χ3n) is 3.75. The number of aliphatic hydroxyl groups excluding tert-OH is 2. The Morgan fingerprint density at radius 3 is 2.86 bits per heavy atom. The predicted octanol–water partition coefficient (Wildman–Crippen LogP) is -2.70. The van der Waals surface area contributed by atoms with Gasteiger partial charge in [-0.3, -0.25) is 14.6 Å². The molecule has 112 valence electrons. The molecule has 0 radical (unpaired) electrons. The zero-order valence-electron chi connectivity index (χ0n) is 10.7. The highest BCUT2D eigenvalue weighted by Gasteiger charge is 2.54. The Morgan fingerprint density at radius 2 is 2.24 bits per heavy atom. The summed E-state index contributed by atoms with van der Waals surface area (Å²) in [5.41, 5.74) is 2.74. The summed E-state index contributed by atoms with van der Waals surface area (Å²) in [4.78, 5) is 34.0. The smallest absolute Gasteiger partial charge is 0.280 e. The van der Waals surface area contributed by atoms with Crippen LogP contribution in [0.2, 0.25) is 0 Å². The number of carbonyl (C=O) groups is 1. The van der Waals surface area contributed by atoms with Crippen molar-refractivity contribution in [2.75, 3.05) is 12.3 Å². The fourth-order valence-corrected chi connectivity index (χ4v) is 2.56. The maximum atomic E-state index is 12.2. The Balaban J connectivity index is 2.15. The molecule has 10 heteroatoms. The molecule has 0 aromatic carbocycles. The van der Waals surface area contributed by atoms with E-state index in [2.05, 4.69) is 15.0 Å². The van der Waals surface area contributed by atoms with Crippen molar-refractivity contribution in [2.24, 2.45) is 0 Å². The molecule has 1 fully saturated rings. The third kappa shape index (κ3) is 1.77. The first-order valence-corrected chi connectivity index (χ1v) is 6.16.